The summed E-state index contributed by atoms with van der Waals surface area (Å²) in [7, 11) is 0. The summed E-state index contributed by atoms with van der Waals surface area (Å²) in [5.74, 6) is 2.31. The third kappa shape index (κ3) is 4.11. The average molecular weight is 302 g/mol. The van der Waals surface area contributed by atoms with Crippen molar-refractivity contribution in [3.63, 3.8) is 0 Å². The molecule has 0 aromatic carbocycles. The lowest BCUT2D eigenvalue weighted by molar-refractivity contribution is 0.634. The Bertz CT molecular complexity index is 440. The van der Waals surface area contributed by atoms with Gasteiger partial charge >= 0.3 is 0 Å². The van der Waals surface area contributed by atoms with Crippen LogP contribution in [0.4, 0.5) is 11.9 Å². The molecule has 19 heavy (non-hydrogen) atoms. The van der Waals surface area contributed by atoms with Gasteiger partial charge in [-0.15, -0.1) is 0 Å². The highest BCUT2D eigenvalue weighted by atomic mass is 35.5. The average Bonchev–Trinajstić information content (AvgIpc) is 2.34. The second-order valence-corrected chi connectivity index (χ2v) is 7.32. The fraction of sp³-hybridized carbons (Fsp3) is 0.750. The van der Waals surface area contributed by atoms with Crippen molar-refractivity contribution in [1.82, 2.24) is 15.0 Å². The predicted molar refractivity (Wildman–Crippen MR) is 82.4 cm³/mol. The van der Waals surface area contributed by atoms with Gasteiger partial charge in [-0.1, -0.05) is 6.92 Å². The zero-order chi connectivity index (χ0) is 13.9. The molecule has 0 radical (unpaired) electrons. The molecule has 1 saturated heterocycles. The van der Waals surface area contributed by atoms with Crippen molar-refractivity contribution in [3.05, 3.63) is 5.28 Å². The molecule has 2 heterocycles. The molecule has 0 atom stereocenters. The normalized spacial score (nSPS) is 18.4. The molecule has 2 rings (SSSR count). The molecule has 7 heteroatoms. The van der Waals surface area contributed by atoms with E-state index in [-0.39, 0.29) is 10.0 Å². The number of rotatable bonds is 4. The second-order valence-electron chi connectivity index (χ2n) is 5.18. The van der Waals surface area contributed by atoms with Gasteiger partial charge in [0.05, 0.1) is 0 Å². The van der Waals surface area contributed by atoms with E-state index >= 15 is 0 Å². The van der Waals surface area contributed by atoms with E-state index in [1.807, 2.05) is 11.8 Å². The Morgan fingerprint density at radius 3 is 2.84 bits per heavy atom. The number of anilines is 2. The highest BCUT2D eigenvalue weighted by molar-refractivity contribution is 8.00. The quantitative estimate of drug-likeness (QED) is 0.923. The van der Waals surface area contributed by atoms with Crippen molar-refractivity contribution in [2.24, 2.45) is 0 Å². The van der Waals surface area contributed by atoms with E-state index < -0.39 is 0 Å². The first-order valence-corrected chi connectivity index (χ1v) is 7.91. The number of aromatic nitrogens is 3. The molecule has 1 aliphatic heterocycles. The van der Waals surface area contributed by atoms with Crippen molar-refractivity contribution >= 4 is 35.3 Å². The second kappa shape index (κ2) is 6.13. The van der Waals surface area contributed by atoms with Crippen LogP contribution < -0.4 is 10.2 Å². The summed E-state index contributed by atoms with van der Waals surface area (Å²) in [6, 6.07) is 0. The minimum Gasteiger partial charge on any atom is -0.354 e. The van der Waals surface area contributed by atoms with Gasteiger partial charge in [-0.2, -0.15) is 26.7 Å². The van der Waals surface area contributed by atoms with Crippen LogP contribution >= 0.6 is 23.4 Å². The molecule has 0 bridgehead atoms. The van der Waals surface area contributed by atoms with Crippen LogP contribution in [0.15, 0.2) is 0 Å². The van der Waals surface area contributed by atoms with Crippen LogP contribution in [0, 0.1) is 0 Å². The number of thioether (sulfide) groups is 1. The summed E-state index contributed by atoms with van der Waals surface area (Å²) in [4.78, 5) is 15.0. The summed E-state index contributed by atoms with van der Waals surface area (Å²) in [6.07, 6.45) is 1.02. The van der Waals surface area contributed by atoms with Gasteiger partial charge in [-0.3, -0.25) is 0 Å². The molecule has 106 valence electrons. The van der Waals surface area contributed by atoms with Gasteiger partial charge in [0.2, 0.25) is 17.2 Å². The fourth-order valence-corrected chi connectivity index (χ4v) is 3.25. The van der Waals surface area contributed by atoms with E-state index in [2.05, 4.69) is 45.9 Å². The zero-order valence-electron chi connectivity index (χ0n) is 11.6. The summed E-state index contributed by atoms with van der Waals surface area (Å²) in [5.41, 5.74) is 0. The lowest BCUT2D eigenvalue weighted by Gasteiger charge is -2.37. The Morgan fingerprint density at radius 2 is 2.16 bits per heavy atom. The molecular formula is C12H20ClN5S. The monoisotopic (exact) mass is 301 g/mol. The SMILES string of the molecule is CCCNc1nc(Cl)nc(N2CCSC(C)(C)C2)n1. The van der Waals surface area contributed by atoms with Crippen molar-refractivity contribution in [3.8, 4) is 0 Å². The lowest BCUT2D eigenvalue weighted by atomic mass is 10.2. The Labute approximate surface area is 123 Å². The lowest BCUT2D eigenvalue weighted by Crippen LogP contribution is -2.44. The fourth-order valence-electron chi connectivity index (χ4n) is 1.98. The summed E-state index contributed by atoms with van der Waals surface area (Å²) in [6.45, 7) is 9.28. The van der Waals surface area contributed by atoms with Gasteiger partial charge in [-0.05, 0) is 31.9 Å². The van der Waals surface area contributed by atoms with E-state index in [9.17, 15) is 0 Å². The molecular weight excluding hydrogens is 282 g/mol. The smallest absolute Gasteiger partial charge is 0.231 e. The van der Waals surface area contributed by atoms with Gasteiger partial charge in [0.1, 0.15) is 0 Å². The highest BCUT2D eigenvalue weighted by Gasteiger charge is 2.28. The maximum Gasteiger partial charge on any atom is 0.231 e. The van der Waals surface area contributed by atoms with E-state index in [0.29, 0.717) is 11.9 Å². The van der Waals surface area contributed by atoms with E-state index in [1.165, 1.54) is 0 Å². The van der Waals surface area contributed by atoms with Crippen LogP contribution in [0.5, 0.6) is 0 Å². The first-order chi connectivity index (χ1) is 9.00. The summed E-state index contributed by atoms with van der Waals surface area (Å²) in [5, 5.41) is 3.41. The maximum absolute atomic E-state index is 5.99. The minimum atomic E-state index is 0.217. The molecule has 1 aromatic heterocycles. The van der Waals surface area contributed by atoms with Gasteiger partial charge in [0, 0.05) is 30.1 Å². The molecule has 1 N–H and O–H groups in total. The third-order valence-corrected chi connectivity index (χ3v) is 4.30. The molecule has 0 unspecified atom stereocenters. The largest absolute Gasteiger partial charge is 0.354 e. The number of nitrogens with one attached hydrogen (secondary N) is 1. The molecule has 0 spiro atoms. The van der Waals surface area contributed by atoms with E-state index in [1.54, 1.807) is 0 Å². The number of halogens is 1. The van der Waals surface area contributed by atoms with Crippen LogP contribution in [0.3, 0.4) is 0 Å². The van der Waals surface area contributed by atoms with Gasteiger partial charge in [0.25, 0.3) is 0 Å². The van der Waals surface area contributed by atoms with Gasteiger partial charge in [-0.25, -0.2) is 0 Å². The Balaban J connectivity index is 2.16. The summed E-state index contributed by atoms with van der Waals surface area (Å²) < 4.78 is 0.217. The zero-order valence-corrected chi connectivity index (χ0v) is 13.2. The minimum absolute atomic E-state index is 0.217. The number of nitrogens with zero attached hydrogens (tertiary/aromatic N) is 4. The molecule has 1 aromatic rings. The number of hydrogen-bond donors (Lipinski definition) is 1. The first-order valence-electron chi connectivity index (χ1n) is 6.54. The van der Waals surface area contributed by atoms with E-state index in [0.717, 1.165) is 31.8 Å². The van der Waals surface area contributed by atoms with E-state index in [4.69, 9.17) is 11.6 Å². The van der Waals surface area contributed by atoms with Crippen molar-refractivity contribution < 1.29 is 0 Å². The molecule has 0 saturated carbocycles. The Morgan fingerprint density at radius 1 is 1.37 bits per heavy atom. The molecule has 0 amide bonds. The van der Waals surface area contributed by atoms with Crippen molar-refractivity contribution in [2.45, 2.75) is 31.9 Å². The Kier molecular flexibility index (Phi) is 4.73. The third-order valence-electron chi connectivity index (χ3n) is 2.84. The van der Waals surface area contributed by atoms with Crippen molar-refractivity contribution in [1.29, 1.82) is 0 Å². The highest BCUT2D eigenvalue weighted by Crippen LogP contribution is 2.31. The summed E-state index contributed by atoms with van der Waals surface area (Å²) >= 11 is 7.96. The van der Waals surface area contributed by atoms with Crippen LogP contribution in [0.2, 0.25) is 5.28 Å². The van der Waals surface area contributed by atoms with Crippen molar-refractivity contribution in [2.75, 3.05) is 35.6 Å². The Hall–Kier alpha value is -0.750. The standard InChI is InChI=1S/C12H20ClN5S/c1-4-5-14-10-15-9(13)16-11(17-10)18-6-7-19-12(2,3)8-18/h4-8H2,1-3H3,(H,14,15,16,17). The van der Waals surface area contributed by atoms with Crippen LogP contribution in [-0.4, -0.2) is 45.1 Å². The molecule has 5 nitrogen and oxygen atoms in total. The predicted octanol–water partition coefficient (Wildman–Crippen LogP) is 2.68. The van der Waals surface area contributed by atoms with Gasteiger partial charge < -0.3 is 10.2 Å². The number of hydrogen-bond acceptors (Lipinski definition) is 6. The van der Waals surface area contributed by atoms with Crippen LogP contribution in [-0.2, 0) is 0 Å². The van der Waals surface area contributed by atoms with Gasteiger partial charge in [0.15, 0.2) is 0 Å². The first kappa shape index (κ1) is 14.7. The molecule has 1 fully saturated rings. The topological polar surface area (TPSA) is 53.9 Å². The maximum atomic E-state index is 5.99. The molecule has 1 aliphatic rings. The molecule has 0 aliphatic carbocycles. The van der Waals surface area contributed by atoms with Crippen LogP contribution in [0.25, 0.3) is 0 Å². The van der Waals surface area contributed by atoms with Crippen LogP contribution in [0.1, 0.15) is 27.2 Å².